The van der Waals surface area contributed by atoms with Crippen LogP contribution in [-0.2, 0) is 4.79 Å². The van der Waals surface area contributed by atoms with Crippen molar-refractivity contribution in [3.8, 4) is 0 Å². The van der Waals surface area contributed by atoms with Gasteiger partial charge in [-0.25, -0.2) is 4.79 Å². The molecule has 0 saturated heterocycles. The van der Waals surface area contributed by atoms with Crippen molar-refractivity contribution in [1.29, 1.82) is 0 Å². The second-order valence-corrected chi connectivity index (χ2v) is 13.5. The average Bonchev–Trinajstić information content (AvgIpc) is 2.70. The molecule has 3 aliphatic rings. The molecule has 5 N–H and O–H groups in total. The van der Waals surface area contributed by atoms with Gasteiger partial charge in [-0.3, -0.25) is 9.79 Å². The number of urea groups is 1. The third kappa shape index (κ3) is 5.56. The minimum atomic E-state index is -0.677. The van der Waals surface area contributed by atoms with Gasteiger partial charge in [0, 0.05) is 17.1 Å². The maximum Gasteiger partial charge on any atom is 0.318 e. The lowest BCUT2D eigenvalue weighted by Crippen LogP contribution is -2.61. The molecule has 7 nitrogen and oxygen atoms in total. The molecule has 8 heteroatoms. The van der Waals surface area contributed by atoms with E-state index in [0.29, 0.717) is 34.8 Å². The Hall–Kier alpha value is -2.54. The summed E-state index contributed by atoms with van der Waals surface area (Å²) in [4.78, 5) is 32.2. The molecule has 1 aromatic rings. The number of benzene rings is 1. The molecule has 0 aromatic heterocycles. The average molecular weight is 514 g/mol. The summed E-state index contributed by atoms with van der Waals surface area (Å²) in [5.74, 6) is -0.677. The highest BCUT2D eigenvalue weighted by Crippen LogP contribution is 2.62. The number of nitrogens with one attached hydrogen (secondary N) is 1. The molecule has 2 aliphatic carbocycles. The Balaban J connectivity index is 1.53. The number of hydrogen-bond acceptors (Lipinski definition) is 4. The number of rotatable bonds is 4. The number of carbonyl (C=O) groups is 2. The lowest BCUT2D eigenvalue weighted by molar-refractivity contribution is -0.114. The van der Waals surface area contributed by atoms with Gasteiger partial charge in [0.2, 0.25) is 0 Å². The fourth-order valence-corrected chi connectivity index (χ4v) is 8.52. The zero-order chi connectivity index (χ0) is 26.5. The van der Waals surface area contributed by atoms with E-state index in [9.17, 15) is 9.59 Å². The highest BCUT2D eigenvalue weighted by molar-refractivity contribution is 6.31. The number of primary amides is 1. The van der Waals surface area contributed by atoms with Crippen LogP contribution in [0.1, 0.15) is 72.3 Å². The monoisotopic (exact) mass is 513 g/mol. The SMILES string of the molecule is CC1(C)CC2(C)CC(C)(C1)CC(C)(NC(=O)N1CCN=C(C(C(N)=O)=C(N)c3cccc(Cl)c3)C1)C2. The highest BCUT2D eigenvalue weighted by Gasteiger charge is 2.55. The lowest BCUT2D eigenvalue weighted by atomic mass is 9.46. The fourth-order valence-electron chi connectivity index (χ4n) is 8.33. The summed E-state index contributed by atoms with van der Waals surface area (Å²) in [5, 5.41) is 3.88. The maximum atomic E-state index is 13.5. The Morgan fingerprint density at radius 1 is 1.00 bits per heavy atom. The van der Waals surface area contributed by atoms with Crippen LogP contribution in [-0.4, -0.2) is 47.7 Å². The van der Waals surface area contributed by atoms with Crippen molar-refractivity contribution < 1.29 is 9.59 Å². The van der Waals surface area contributed by atoms with Crippen LogP contribution in [0.4, 0.5) is 4.79 Å². The maximum absolute atomic E-state index is 13.5. The Morgan fingerprint density at radius 2 is 1.64 bits per heavy atom. The molecule has 2 unspecified atom stereocenters. The van der Waals surface area contributed by atoms with Gasteiger partial charge >= 0.3 is 6.03 Å². The Bertz CT molecular complexity index is 1110. The second kappa shape index (κ2) is 9.09. The van der Waals surface area contributed by atoms with Gasteiger partial charge in [-0.15, -0.1) is 0 Å². The molecule has 1 aliphatic heterocycles. The Kier molecular flexibility index (Phi) is 6.69. The van der Waals surface area contributed by atoms with Crippen LogP contribution in [0.25, 0.3) is 5.70 Å². The van der Waals surface area contributed by atoms with E-state index in [2.05, 4.69) is 44.9 Å². The van der Waals surface area contributed by atoms with E-state index in [4.69, 9.17) is 23.1 Å². The van der Waals surface area contributed by atoms with Gasteiger partial charge in [-0.05, 0) is 73.0 Å². The van der Waals surface area contributed by atoms with E-state index in [1.54, 1.807) is 29.2 Å². The molecule has 196 valence electrons. The van der Waals surface area contributed by atoms with Gasteiger partial charge in [-0.1, -0.05) is 51.4 Å². The summed E-state index contributed by atoms with van der Waals surface area (Å²) >= 11 is 6.11. The summed E-state index contributed by atoms with van der Waals surface area (Å²) in [6.07, 6.45) is 5.43. The first-order chi connectivity index (χ1) is 16.6. The summed E-state index contributed by atoms with van der Waals surface area (Å²) in [7, 11) is 0. The minimum Gasteiger partial charge on any atom is -0.398 e. The summed E-state index contributed by atoms with van der Waals surface area (Å²) in [6, 6.07) is 6.79. The predicted octanol–water partition coefficient (Wildman–Crippen LogP) is 4.74. The summed E-state index contributed by atoms with van der Waals surface area (Å²) in [5.41, 5.74) is 13.8. The van der Waals surface area contributed by atoms with E-state index in [1.165, 1.54) is 6.42 Å². The number of halogens is 1. The van der Waals surface area contributed by atoms with Crippen molar-refractivity contribution in [2.45, 2.75) is 72.3 Å². The normalized spacial score (nSPS) is 32.3. The standard InChI is InChI=1S/C28H40ClN5O2/c1-25(2)13-26(3)15-27(4,14-25)17-28(5,16-26)33-24(36)34-10-9-32-20(12-34)21(23(31)35)22(30)18-7-6-8-19(29)11-18/h6-8,11H,9-10,12-17,30H2,1-5H3,(H2,31,35)(H,33,36). The second-order valence-electron chi connectivity index (χ2n) is 13.1. The minimum absolute atomic E-state index is 0.135. The number of hydrogen-bond donors (Lipinski definition) is 3. The Labute approximate surface area is 219 Å². The molecular formula is C28H40ClN5O2. The van der Waals surface area contributed by atoms with E-state index >= 15 is 0 Å². The number of nitrogens with zero attached hydrogens (tertiary/aromatic N) is 2. The molecule has 2 saturated carbocycles. The molecule has 2 fully saturated rings. The van der Waals surface area contributed by atoms with Crippen LogP contribution in [0.3, 0.4) is 0 Å². The van der Waals surface area contributed by atoms with Crippen LogP contribution in [0.5, 0.6) is 0 Å². The number of aliphatic imine (C=N–C) groups is 1. The van der Waals surface area contributed by atoms with Crippen molar-refractivity contribution in [2.24, 2.45) is 32.7 Å². The quantitative estimate of drug-likeness (QED) is 0.505. The van der Waals surface area contributed by atoms with Crippen LogP contribution in [0.2, 0.25) is 5.02 Å². The molecule has 3 amide bonds. The predicted molar refractivity (Wildman–Crippen MR) is 146 cm³/mol. The molecule has 36 heavy (non-hydrogen) atoms. The zero-order valence-corrected chi connectivity index (χ0v) is 23.0. The van der Waals surface area contributed by atoms with Gasteiger partial charge in [0.25, 0.3) is 5.91 Å². The first-order valence-electron chi connectivity index (χ1n) is 12.8. The highest BCUT2D eigenvalue weighted by atomic mass is 35.5. The number of nitrogens with two attached hydrogens (primary N) is 2. The van der Waals surface area contributed by atoms with Crippen molar-refractivity contribution in [1.82, 2.24) is 10.2 Å². The third-order valence-corrected chi connectivity index (χ3v) is 8.18. The van der Waals surface area contributed by atoms with Crippen molar-refractivity contribution in [3.05, 3.63) is 40.4 Å². The van der Waals surface area contributed by atoms with E-state index in [1.807, 2.05) is 0 Å². The zero-order valence-electron chi connectivity index (χ0n) is 22.2. The molecule has 1 heterocycles. The van der Waals surface area contributed by atoms with Gasteiger partial charge in [0.05, 0.1) is 30.1 Å². The summed E-state index contributed by atoms with van der Waals surface area (Å²) < 4.78 is 0. The fraction of sp³-hybridized carbons (Fsp3) is 0.607. The largest absolute Gasteiger partial charge is 0.398 e. The third-order valence-electron chi connectivity index (χ3n) is 7.95. The molecule has 1 aromatic carbocycles. The van der Waals surface area contributed by atoms with Gasteiger partial charge in [-0.2, -0.15) is 0 Å². The van der Waals surface area contributed by atoms with Gasteiger partial charge in [0.15, 0.2) is 0 Å². The van der Waals surface area contributed by atoms with Crippen LogP contribution < -0.4 is 16.8 Å². The molecule has 2 atom stereocenters. The first-order valence-corrected chi connectivity index (χ1v) is 13.2. The van der Waals surface area contributed by atoms with E-state index < -0.39 is 5.91 Å². The van der Waals surface area contributed by atoms with Gasteiger partial charge in [0.1, 0.15) is 0 Å². The first kappa shape index (κ1) is 26.5. The van der Waals surface area contributed by atoms with Crippen molar-refractivity contribution in [2.75, 3.05) is 19.6 Å². The smallest absolute Gasteiger partial charge is 0.318 e. The summed E-state index contributed by atoms with van der Waals surface area (Å²) in [6.45, 7) is 12.7. The lowest BCUT2D eigenvalue weighted by Gasteiger charge is -2.61. The number of fused-ring (bicyclic) bond motifs is 2. The molecular weight excluding hydrogens is 474 g/mol. The Morgan fingerprint density at radius 3 is 2.22 bits per heavy atom. The topological polar surface area (TPSA) is 114 Å². The molecule has 0 spiro atoms. The van der Waals surface area contributed by atoms with Crippen LogP contribution >= 0.6 is 11.6 Å². The van der Waals surface area contributed by atoms with E-state index in [0.717, 1.165) is 25.7 Å². The molecule has 0 radical (unpaired) electrons. The van der Waals surface area contributed by atoms with Gasteiger partial charge < -0.3 is 21.7 Å². The van der Waals surface area contributed by atoms with Crippen molar-refractivity contribution in [3.63, 3.8) is 0 Å². The molecule has 4 rings (SSSR count). The van der Waals surface area contributed by atoms with Crippen LogP contribution in [0.15, 0.2) is 34.8 Å². The molecule has 2 bridgehead atoms. The van der Waals surface area contributed by atoms with Crippen molar-refractivity contribution >= 4 is 34.9 Å². The van der Waals surface area contributed by atoms with E-state index in [-0.39, 0.29) is 40.2 Å². The number of amides is 3. The number of carbonyl (C=O) groups excluding carboxylic acids is 2. The van der Waals surface area contributed by atoms with Crippen LogP contribution in [0, 0.1) is 16.2 Å².